The normalized spacial score (nSPS) is 10.8. The highest BCUT2D eigenvalue weighted by Gasteiger charge is 2.08. The molecule has 0 saturated heterocycles. The monoisotopic (exact) mass is 338 g/mol. The lowest BCUT2D eigenvalue weighted by atomic mass is 10.1. The summed E-state index contributed by atoms with van der Waals surface area (Å²) >= 11 is 0. The number of aryl methyl sites for hydroxylation is 1. The fourth-order valence-electron chi connectivity index (χ4n) is 2.65. The Kier molecular flexibility index (Phi) is 5.36. The van der Waals surface area contributed by atoms with Gasteiger partial charge in [-0.1, -0.05) is 29.8 Å². The number of amides is 1. The van der Waals surface area contributed by atoms with E-state index < -0.39 is 0 Å². The summed E-state index contributed by atoms with van der Waals surface area (Å²) in [6, 6.07) is 14.3. The summed E-state index contributed by atoms with van der Waals surface area (Å²) in [5, 5.41) is 3.74. The highest BCUT2D eigenvalue weighted by atomic mass is 16.5. The third-order valence-corrected chi connectivity index (χ3v) is 3.98. The molecule has 3 aromatic rings. The van der Waals surface area contributed by atoms with E-state index in [1.807, 2.05) is 18.2 Å². The van der Waals surface area contributed by atoms with Crippen LogP contribution in [0.2, 0.25) is 0 Å². The number of ether oxygens (including phenoxy) is 2. The summed E-state index contributed by atoms with van der Waals surface area (Å²) in [7, 11) is 1.49. The highest BCUT2D eigenvalue weighted by Crippen LogP contribution is 2.27. The van der Waals surface area contributed by atoms with E-state index in [0.29, 0.717) is 6.61 Å². The standard InChI is InChI=1S/C20H22N2O3/c1-14-3-5-15(6-4-14)9-10-25-16-7-8-18-17(11-16)19(12-21-18)22-20(23)13-24-2/h3-8,11-12,21H,9-10,13H2,1-2H3,(H,22,23). The zero-order valence-corrected chi connectivity index (χ0v) is 14.5. The molecule has 25 heavy (non-hydrogen) atoms. The van der Waals surface area contributed by atoms with Crippen LogP contribution in [0.5, 0.6) is 5.75 Å². The number of aromatic nitrogens is 1. The Morgan fingerprint density at radius 2 is 1.96 bits per heavy atom. The smallest absolute Gasteiger partial charge is 0.250 e. The second-order valence-electron chi connectivity index (χ2n) is 5.97. The number of fused-ring (bicyclic) bond motifs is 1. The van der Waals surface area contributed by atoms with E-state index in [2.05, 4.69) is 41.5 Å². The fourth-order valence-corrected chi connectivity index (χ4v) is 2.65. The first-order valence-corrected chi connectivity index (χ1v) is 8.24. The van der Waals surface area contributed by atoms with E-state index in [1.54, 1.807) is 6.20 Å². The van der Waals surface area contributed by atoms with Crippen molar-refractivity contribution < 1.29 is 14.3 Å². The molecule has 5 nitrogen and oxygen atoms in total. The Hall–Kier alpha value is -2.79. The summed E-state index contributed by atoms with van der Waals surface area (Å²) in [4.78, 5) is 14.8. The Bertz CT molecular complexity index is 853. The van der Waals surface area contributed by atoms with Crippen LogP contribution in [0.3, 0.4) is 0 Å². The Morgan fingerprint density at radius 1 is 1.16 bits per heavy atom. The molecule has 0 spiro atoms. The van der Waals surface area contributed by atoms with Crippen LogP contribution in [0.25, 0.3) is 10.9 Å². The summed E-state index contributed by atoms with van der Waals surface area (Å²) in [5.41, 5.74) is 4.17. The highest BCUT2D eigenvalue weighted by molar-refractivity contribution is 6.02. The van der Waals surface area contributed by atoms with Crippen LogP contribution in [0.15, 0.2) is 48.7 Å². The number of H-pyrrole nitrogens is 1. The molecule has 0 unspecified atom stereocenters. The van der Waals surface area contributed by atoms with Gasteiger partial charge in [-0.2, -0.15) is 0 Å². The third kappa shape index (κ3) is 4.39. The lowest BCUT2D eigenvalue weighted by Gasteiger charge is -2.08. The number of carbonyl (C=O) groups is 1. The summed E-state index contributed by atoms with van der Waals surface area (Å²) in [6.45, 7) is 2.71. The molecule has 130 valence electrons. The van der Waals surface area contributed by atoms with Gasteiger partial charge in [0.1, 0.15) is 12.4 Å². The van der Waals surface area contributed by atoms with Gasteiger partial charge in [-0.05, 0) is 30.7 Å². The second-order valence-corrected chi connectivity index (χ2v) is 5.97. The summed E-state index contributed by atoms with van der Waals surface area (Å²) in [6.07, 6.45) is 2.62. The third-order valence-electron chi connectivity index (χ3n) is 3.98. The number of benzene rings is 2. The van der Waals surface area contributed by atoms with Crippen LogP contribution in [-0.4, -0.2) is 31.2 Å². The molecule has 0 bridgehead atoms. The number of hydrogen-bond donors (Lipinski definition) is 2. The zero-order chi connectivity index (χ0) is 17.6. The number of hydrogen-bond acceptors (Lipinski definition) is 3. The number of carbonyl (C=O) groups excluding carboxylic acids is 1. The number of anilines is 1. The Labute approximate surface area is 147 Å². The van der Waals surface area contributed by atoms with Crippen LogP contribution in [0.4, 0.5) is 5.69 Å². The van der Waals surface area contributed by atoms with Gasteiger partial charge in [0.15, 0.2) is 0 Å². The molecule has 0 saturated carbocycles. The van der Waals surface area contributed by atoms with Gasteiger partial charge < -0.3 is 19.8 Å². The van der Waals surface area contributed by atoms with Crippen molar-refractivity contribution >= 4 is 22.5 Å². The Balaban J connectivity index is 1.65. The molecular formula is C20H22N2O3. The molecule has 1 amide bonds. The van der Waals surface area contributed by atoms with Crippen molar-refractivity contribution in [3.05, 3.63) is 59.8 Å². The largest absolute Gasteiger partial charge is 0.493 e. The molecule has 0 fully saturated rings. The molecule has 0 aliphatic carbocycles. The van der Waals surface area contributed by atoms with Gasteiger partial charge in [0.05, 0.1) is 12.3 Å². The predicted molar refractivity (Wildman–Crippen MR) is 99.2 cm³/mol. The van der Waals surface area contributed by atoms with E-state index in [1.165, 1.54) is 18.2 Å². The van der Waals surface area contributed by atoms with Gasteiger partial charge in [0.25, 0.3) is 0 Å². The summed E-state index contributed by atoms with van der Waals surface area (Å²) in [5.74, 6) is 0.593. The first-order valence-electron chi connectivity index (χ1n) is 8.24. The van der Waals surface area contributed by atoms with Gasteiger partial charge in [-0.3, -0.25) is 4.79 Å². The first-order chi connectivity index (χ1) is 12.2. The number of methoxy groups -OCH3 is 1. The van der Waals surface area contributed by atoms with Crippen molar-refractivity contribution in [2.45, 2.75) is 13.3 Å². The van der Waals surface area contributed by atoms with Gasteiger partial charge >= 0.3 is 0 Å². The predicted octanol–water partition coefficient (Wildman–Crippen LogP) is 3.68. The molecule has 3 rings (SSSR count). The minimum absolute atomic E-state index is 0.0272. The maximum Gasteiger partial charge on any atom is 0.250 e. The van der Waals surface area contributed by atoms with Crippen LogP contribution in [0.1, 0.15) is 11.1 Å². The molecule has 5 heteroatoms. The minimum Gasteiger partial charge on any atom is -0.493 e. The fraction of sp³-hybridized carbons (Fsp3) is 0.250. The zero-order valence-electron chi connectivity index (χ0n) is 14.5. The van der Waals surface area contributed by atoms with Gasteiger partial charge in [0.2, 0.25) is 5.91 Å². The van der Waals surface area contributed by atoms with Gasteiger partial charge in [-0.15, -0.1) is 0 Å². The topological polar surface area (TPSA) is 63.3 Å². The summed E-state index contributed by atoms with van der Waals surface area (Å²) < 4.78 is 10.7. The average molecular weight is 338 g/mol. The van der Waals surface area contributed by atoms with Crippen LogP contribution in [-0.2, 0) is 16.0 Å². The molecule has 1 heterocycles. The van der Waals surface area contributed by atoms with E-state index in [0.717, 1.165) is 28.8 Å². The van der Waals surface area contributed by atoms with E-state index in [9.17, 15) is 4.79 Å². The van der Waals surface area contributed by atoms with Crippen LogP contribution in [0, 0.1) is 6.92 Å². The van der Waals surface area contributed by atoms with Crippen molar-refractivity contribution in [2.75, 3.05) is 25.6 Å². The van der Waals surface area contributed by atoms with Crippen molar-refractivity contribution in [1.29, 1.82) is 0 Å². The molecular weight excluding hydrogens is 316 g/mol. The SMILES string of the molecule is COCC(=O)Nc1c[nH]c2ccc(OCCc3ccc(C)cc3)cc12. The van der Waals surface area contributed by atoms with Crippen molar-refractivity contribution in [3.8, 4) is 5.75 Å². The molecule has 0 atom stereocenters. The Morgan fingerprint density at radius 3 is 2.72 bits per heavy atom. The van der Waals surface area contributed by atoms with Gasteiger partial charge in [-0.25, -0.2) is 0 Å². The maximum absolute atomic E-state index is 11.7. The second kappa shape index (κ2) is 7.85. The van der Waals surface area contributed by atoms with E-state index in [-0.39, 0.29) is 12.5 Å². The lowest BCUT2D eigenvalue weighted by molar-refractivity contribution is -0.119. The molecule has 2 aromatic carbocycles. The minimum atomic E-state index is -0.186. The van der Waals surface area contributed by atoms with Crippen molar-refractivity contribution in [3.63, 3.8) is 0 Å². The number of nitrogens with one attached hydrogen (secondary N) is 2. The average Bonchev–Trinajstić information content (AvgIpc) is 2.99. The quantitative estimate of drug-likeness (QED) is 0.691. The molecule has 2 N–H and O–H groups in total. The van der Waals surface area contributed by atoms with E-state index in [4.69, 9.17) is 9.47 Å². The number of rotatable bonds is 7. The molecule has 0 radical (unpaired) electrons. The number of aromatic amines is 1. The lowest BCUT2D eigenvalue weighted by Crippen LogP contribution is -2.16. The molecule has 0 aliphatic heterocycles. The molecule has 1 aromatic heterocycles. The van der Waals surface area contributed by atoms with Crippen LogP contribution >= 0.6 is 0 Å². The first kappa shape index (κ1) is 17.0. The molecule has 0 aliphatic rings. The maximum atomic E-state index is 11.7. The van der Waals surface area contributed by atoms with E-state index >= 15 is 0 Å². The van der Waals surface area contributed by atoms with Gasteiger partial charge in [0, 0.05) is 30.6 Å². The van der Waals surface area contributed by atoms with Crippen LogP contribution < -0.4 is 10.1 Å². The van der Waals surface area contributed by atoms with Crippen molar-refractivity contribution in [1.82, 2.24) is 4.98 Å². The van der Waals surface area contributed by atoms with Crippen molar-refractivity contribution in [2.24, 2.45) is 0 Å².